The van der Waals surface area contributed by atoms with E-state index < -0.39 is 17.7 Å². The molecule has 0 spiro atoms. The molecule has 0 saturated carbocycles. The van der Waals surface area contributed by atoms with E-state index in [1.165, 1.54) is 13.8 Å². The molecule has 0 aromatic heterocycles. The van der Waals surface area contributed by atoms with Gasteiger partial charge in [-0.1, -0.05) is 6.58 Å². The van der Waals surface area contributed by atoms with Crippen molar-refractivity contribution < 1.29 is 23.9 Å². The SMILES string of the molecule is C=C(C(C)=O)C(=O)OCCOC(C)=O. The fraction of sp³-hybridized carbons (Fsp3) is 0.444. The zero-order valence-corrected chi connectivity index (χ0v) is 8.16. The maximum atomic E-state index is 10.9. The molecule has 0 aliphatic heterocycles. The van der Waals surface area contributed by atoms with Crippen LogP contribution in [0.1, 0.15) is 13.8 Å². The largest absolute Gasteiger partial charge is 0.462 e. The highest BCUT2D eigenvalue weighted by Crippen LogP contribution is 1.95. The minimum atomic E-state index is -0.787. The van der Waals surface area contributed by atoms with Gasteiger partial charge in [-0.25, -0.2) is 4.79 Å². The first kappa shape index (κ1) is 12.3. The maximum absolute atomic E-state index is 10.9. The molecule has 0 N–H and O–H groups in total. The van der Waals surface area contributed by atoms with Crippen molar-refractivity contribution in [3.8, 4) is 0 Å². The van der Waals surface area contributed by atoms with E-state index in [4.69, 9.17) is 0 Å². The third kappa shape index (κ3) is 5.08. The van der Waals surface area contributed by atoms with Gasteiger partial charge in [0, 0.05) is 6.92 Å². The van der Waals surface area contributed by atoms with Gasteiger partial charge in [0.2, 0.25) is 0 Å². The van der Waals surface area contributed by atoms with Crippen LogP contribution in [0.2, 0.25) is 0 Å². The highest BCUT2D eigenvalue weighted by molar-refractivity contribution is 6.15. The summed E-state index contributed by atoms with van der Waals surface area (Å²) >= 11 is 0. The van der Waals surface area contributed by atoms with E-state index in [1.54, 1.807) is 0 Å². The van der Waals surface area contributed by atoms with Crippen molar-refractivity contribution in [2.75, 3.05) is 13.2 Å². The summed E-state index contributed by atoms with van der Waals surface area (Å²) in [6, 6.07) is 0. The Hall–Kier alpha value is -1.65. The minimum absolute atomic E-state index is 0.0216. The number of ether oxygens (including phenoxy) is 2. The zero-order chi connectivity index (χ0) is 11.1. The lowest BCUT2D eigenvalue weighted by molar-refractivity contribution is -0.149. The molecule has 78 valence electrons. The van der Waals surface area contributed by atoms with Crippen molar-refractivity contribution in [3.05, 3.63) is 12.2 Å². The quantitative estimate of drug-likeness (QED) is 0.209. The van der Waals surface area contributed by atoms with Crippen molar-refractivity contribution in [2.24, 2.45) is 0 Å². The molecule has 0 heterocycles. The van der Waals surface area contributed by atoms with Crippen LogP contribution in [0.4, 0.5) is 0 Å². The fourth-order valence-electron chi connectivity index (χ4n) is 0.551. The van der Waals surface area contributed by atoms with Crippen molar-refractivity contribution in [2.45, 2.75) is 13.8 Å². The second kappa shape index (κ2) is 5.90. The van der Waals surface area contributed by atoms with Gasteiger partial charge in [0.25, 0.3) is 0 Å². The van der Waals surface area contributed by atoms with Crippen LogP contribution in [0.15, 0.2) is 12.2 Å². The summed E-state index contributed by atoms with van der Waals surface area (Å²) in [6.07, 6.45) is 0. The van der Waals surface area contributed by atoms with Crippen LogP contribution in [0.25, 0.3) is 0 Å². The normalized spacial score (nSPS) is 9.00. The fourth-order valence-corrected chi connectivity index (χ4v) is 0.551. The zero-order valence-electron chi connectivity index (χ0n) is 8.16. The van der Waals surface area contributed by atoms with Gasteiger partial charge in [0.1, 0.15) is 13.2 Å². The van der Waals surface area contributed by atoms with E-state index in [0.717, 1.165) is 0 Å². The number of carbonyl (C=O) groups is 3. The van der Waals surface area contributed by atoms with Crippen LogP contribution >= 0.6 is 0 Å². The standard InChI is InChI=1S/C9H12O5/c1-6(7(2)10)9(12)14-5-4-13-8(3)11/h1,4-5H2,2-3H3. The first-order chi connectivity index (χ1) is 6.45. The molecule has 0 aliphatic rings. The maximum Gasteiger partial charge on any atom is 0.341 e. The second-order valence-electron chi connectivity index (χ2n) is 2.51. The molecular weight excluding hydrogens is 188 g/mol. The molecule has 0 aromatic rings. The van der Waals surface area contributed by atoms with Gasteiger partial charge in [0.05, 0.1) is 5.57 Å². The molecule has 0 aliphatic carbocycles. The van der Waals surface area contributed by atoms with E-state index in [-0.39, 0.29) is 18.8 Å². The van der Waals surface area contributed by atoms with Crippen LogP contribution in [-0.4, -0.2) is 30.9 Å². The van der Waals surface area contributed by atoms with Crippen molar-refractivity contribution >= 4 is 17.7 Å². The molecule has 0 aromatic carbocycles. The van der Waals surface area contributed by atoms with Gasteiger partial charge in [0.15, 0.2) is 5.78 Å². The van der Waals surface area contributed by atoms with Crippen LogP contribution in [0.3, 0.4) is 0 Å². The molecule has 5 heteroatoms. The molecule has 0 amide bonds. The lowest BCUT2D eigenvalue weighted by atomic mass is 10.2. The molecule has 0 atom stereocenters. The van der Waals surface area contributed by atoms with E-state index in [0.29, 0.717) is 0 Å². The molecule has 0 rings (SSSR count). The molecular formula is C9H12O5. The van der Waals surface area contributed by atoms with Crippen LogP contribution in [-0.2, 0) is 23.9 Å². The smallest absolute Gasteiger partial charge is 0.341 e. The number of rotatable bonds is 5. The first-order valence-corrected chi connectivity index (χ1v) is 3.95. The summed E-state index contributed by atoms with van der Waals surface area (Å²) in [6.45, 7) is 5.60. The summed E-state index contributed by atoms with van der Waals surface area (Å²) in [5.41, 5.74) is -0.215. The predicted molar refractivity (Wildman–Crippen MR) is 47.4 cm³/mol. The van der Waals surface area contributed by atoms with Gasteiger partial charge in [-0.15, -0.1) is 0 Å². The van der Waals surface area contributed by atoms with Gasteiger partial charge >= 0.3 is 11.9 Å². The molecule has 0 saturated heterocycles. The average Bonchev–Trinajstić information content (AvgIpc) is 2.10. The van der Waals surface area contributed by atoms with Crippen LogP contribution < -0.4 is 0 Å². The van der Waals surface area contributed by atoms with Gasteiger partial charge < -0.3 is 9.47 Å². The molecule has 0 bridgehead atoms. The Morgan fingerprint density at radius 1 is 1.07 bits per heavy atom. The van der Waals surface area contributed by atoms with Crippen LogP contribution in [0.5, 0.6) is 0 Å². The van der Waals surface area contributed by atoms with E-state index in [1.807, 2.05) is 0 Å². The Morgan fingerprint density at radius 3 is 2.00 bits per heavy atom. The van der Waals surface area contributed by atoms with Gasteiger partial charge in [-0.3, -0.25) is 9.59 Å². The Labute approximate surface area is 81.7 Å². The third-order valence-corrected chi connectivity index (χ3v) is 1.29. The number of esters is 2. The lowest BCUT2D eigenvalue weighted by Crippen LogP contribution is -2.16. The third-order valence-electron chi connectivity index (χ3n) is 1.29. The summed E-state index contributed by atoms with van der Waals surface area (Å²) in [4.78, 5) is 31.9. The van der Waals surface area contributed by atoms with E-state index in [9.17, 15) is 14.4 Å². The van der Waals surface area contributed by atoms with Crippen LogP contribution in [0, 0.1) is 0 Å². The second-order valence-corrected chi connectivity index (χ2v) is 2.51. The minimum Gasteiger partial charge on any atom is -0.462 e. The number of Topliss-reactive ketones (excluding diaryl/α,β-unsaturated/α-hetero) is 1. The summed E-state index contributed by atoms with van der Waals surface area (Å²) in [5, 5.41) is 0. The molecule has 5 nitrogen and oxygen atoms in total. The topological polar surface area (TPSA) is 69.7 Å². The Morgan fingerprint density at radius 2 is 1.57 bits per heavy atom. The Balaban J connectivity index is 3.70. The summed E-state index contributed by atoms with van der Waals surface area (Å²) < 4.78 is 9.08. The predicted octanol–water partition coefficient (Wildman–Crippen LogP) is 0.238. The Bertz CT molecular complexity index is 266. The highest BCUT2D eigenvalue weighted by Gasteiger charge is 2.12. The van der Waals surface area contributed by atoms with E-state index in [2.05, 4.69) is 16.1 Å². The molecule has 14 heavy (non-hydrogen) atoms. The van der Waals surface area contributed by atoms with E-state index >= 15 is 0 Å². The summed E-state index contributed by atoms with van der Waals surface area (Å²) in [5.74, 6) is -1.68. The highest BCUT2D eigenvalue weighted by atomic mass is 16.6. The number of carbonyl (C=O) groups excluding carboxylic acids is 3. The molecule has 0 unspecified atom stereocenters. The van der Waals surface area contributed by atoms with Gasteiger partial charge in [-0.2, -0.15) is 0 Å². The number of ketones is 1. The number of hydrogen-bond donors (Lipinski definition) is 0. The van der Waals surface area contributed by atoms with Gasteiger partial charge in [-0.05, 0) is 6.92 Å². The lowest BCUT2D eigenvalue weighted by Gasteiger charge is -2.04. The number of hydrogen-bond acceptors (Lipinski definition) is 5. The molecule has 0 fully saturated rings. The van der Waals surface area contributed by atoms with Crippen molar-refractivity contribution in [1.82, 2.24) is 0 Å². The summed E-state index contributed by atoms with van der Waals surface area (Å²) in [7, 11) is 0. The molecule has 0 radical (unpaired) electrons. The van der Waals surface area contributed by atoms with Crippen molar-refractivity contribution in [1.29, 1.82) is 0 Å². The van der Waals surface area contributed by atoms with Crippen molar-refractivity contribution in [3.63, 3.8) is 0 Å². The average molecular weight is 200 g/mol. The monoisotopic (exact) mass is 200 g/mol. The first-order valence-electron chi connectivity index (χ1n) is 3.95. The Kier molecular flexibility index (Phi) is 5.21.